The summed E-state index contributed by atoms with van der Waals surface area (Å²) >= 11 is 1.78. The molecule has 0 aliphatic heterocycles. The number of carbonyl (C=O) groups excluding carboxylic acids is 1. The minimum Gasteiger partial charge on any atom is -0.453 e. The third-order valence-electron chi connectivity index (χ3n) is 3.23. The van der Waals surface area contributed by atoms with Crippen molar-refractivity contribution < 1.29 is 9.53 Å². The maximum Gasteiger partial charge on any atom is 0.411 e. The highest BCUT2D eigenvalue weighted by atomic mass is 32.1. The summed E-state index contributed by atoms with van der Waals surface area (Å²) in [6, 6.07) is 12.4. The van der Waals surface area contributed by atoms with Gasteiger partial charge in [-0.15, -0.1) is 11.3 Å². The van der Waals surface area contributed by atoms with Gasteiger partial charge < -0.3 is 10.1 Å². The first-order valence-corrected chi connectivity index (χ1v) is 7.81. The summed E-state index contributed by atoms with van der Waals surface area (Å²) in [6.07, 6.45) is 0.604. The fourth-order valence-corrected chi connectivity index (χ4v) is 2.94. The van der Waals surface area contributed by atoms with Crippen molar-refractivity contribution in [2.24, 2.45) is 0 Å². The molecule has 0 bridgehead atoms. The van der Waals surface area contributed by atoms with E-state index in [1.165, 1.54) is 17.6 Å². The number of rotatable bonds is 6. The summed E-state index contributed by atoms with van der Waals surface area (Å²) in [5.41, 5.74) is 1.91. The fourth-order valence-electron chi connectivity index (χ4n) is 2.05. The van der Waals surface area contributed by atoms with Crippen molar-refractivity contribution in [1.82, 2.24) is 5.32 Å². The Morgan fingerprint density at radius 2 is 2.05 bits per heavy atom. The second-order valence-corrected chi connectivity index (χ2v) is 5.65. The lowest BCUT2D eigenvalue weighted by atomic mass is 10.1. The Labute approximate surface area is 129 Å². The Kier molecular flexibility index (Phi) is 5.78. The smallest absolute Gasteiger partial charge is 0.411 e. The largest absolute Gasteiger partial charge is 0.453 e. The standard InChI is InChI=1S/C16H20N2O2S/c1-3-14(15-5-4-10-21-15)17-11-12-6-8-13(9-7-12)18-16(19)20-2/h4-10,14,17H,3,11H2,1-2H3,(H,18,19). The van der Waals surface area contributed by atoms with Gasteiger partial charge in [0.05, 0.1) is 7.11 Å². The highest BCUT2D eigenvalue weighted by Gasteiger charge is 2.09. The summed E-state index contributed by atoms with van der Waals surface area (Å²) in [4.78, 5) is 12.5. The molecule has 0 aliphatic rings. The van der Waals surface area contributed by atoms with Gasteiger partial charge in [0.25, 0.3) is 0 Å². The molecular weight excluding hydrogens is 284 g/mol. The van der Waals surface area contributed by atoms with Crippen LogP contribution in [0.25, 0.3) is 0 Å². The van der Waals surface area contributed by atoms with E-state index in [0.29, 0.717) is 6.04 Å². The van der Waals surface area contributed by atoms with Crippen molar-refractivity contribution in [1.29, 1.82) is 0 Å². The third-order valence-corrected chi connectivity index (χ3v) is 4.22. The van der Waals surface area contributed by atoms with Crippen LogP contribution in [0.2, 0.25) is 0 Å². The van der Waals surface area contributed by atoms with Gasteiger partial charge in [0.2, 0.25) is 0 Å². The molecule has 0 spiro atoms. The SMILES string of the molecule is CCC(NCc1ccc(NC(=O)OC)cc1)c1cccs1. The molecule has 2 aromatic rings. The topological polar surface area (TPSA) is 50.4 Å². The number of nitrogens with one attached hydrogen (secondary N) is 2. The molecule has 0 saturated carbocycles. The van der Waals surface area contributed by atoms with E-state index in [1.807, 2.05) is 24.3 Å². The molecule has 0 fully saturated rings. The Morgan fingerprint density at radius 3 is 2.62 bits per heavy atom. The fraction of sp³-hybridized carbons (Fsp3) is 0.312. The van der Waals surface area contributed by atoms with Gasteiger partial charge in [0.1, 0.15) is 0 Å². The van der Waals surface area contributed by atoms with Crippen LogP contribution in [0.4, 0.5) is 10.5 Å². The molecule has 1 aromatic carbocycles. The molecule has 1 amide bonds. The third kappa shape index (κ3) is 4.58. The molecule has 1 unspecified atom stereocenters. The maximum absolute atomic E-state index is 11.1. The van der Waals surface area contributed by atoms with E-state index < -0.39 is 6.09 Å². The van der Waals surface area contributed by atoms with Gasteiger partial charge in [-0.3, -0.25) is 5.32 Å². The molecule has 1 heterocycles. The number of carbonyl (C=O) groups is 1. The Balaban J connectivity index is 1.89. The summed E-state index contributed by atoms with van der Waals surface area (Å²) in [6.45, 7) is 2.98. The monoisotopic (exact) mass is 304 g/mol. The Bertz CT molecular complexity index is 552. The lowest BCUT2D eigenvalue weighted by Crippen LogP contribution is -2.19. The number of hydrogen-bond acceptors (Lipinski definition) is 4. The van der Waals surface area contributed by atoms with Gasteiger partial charge in [-0.25, -0.2) is 4.79 Å². The van der Waals surface area contributed by atoms with E-state index >= 15 is 0 Å². The van der Waals surface area contributed by atoms with Crippen LogP contribution in [0.15, 0.2) is 41.8 Å². The van der Waals surface area contributed by atoms with Gasteiger partial charge in [-0.1, -0.05) is 25.1 Å². The van der Waals surface area contributed by atoms with Gasteiger partial charge in [-0.2, -0.15) is 0 Å². The molecule has 2 rings (SSSR count). The van der Waals surface area contributed by atoms with Crippen LogP contribution in [0.5, 0.6) is 0 Å². The number of benzene rings is 1. The lowest BCUT2D eigenvalue weighted by Gasteiger charge is -2.15. The molecule has 5 heteroatoms. The van der Waals surface area contributed by atoms with E-state index in [0.717, 1.165) is 18.7 Å². The zero-order valence-electron chi connectivity index (χ0n) is 12.3. The predicted molar refractivity (Wildman–Crippen MR) is 86.7 cm³/mol. The average Bonchev–Trinajstić information content (AvgIpc) is 3.03. The van der Waals surface area contributed by atoms with Crippen LogP contribution in [0.1, 0.15) is 29.8 Å². The Morgan fingerprint density at radius 1 is 1.29 bits per heavy atom. The van der Waals surface area contributed by atoms with Crippen molar-refractivity contribution in [2.45, 2.75) is 25.9 Å². The van der Waals surface area contributed by atoms with E-state index in [-0.39, 0.29) is 0 Å². The van der Waals surface area contributed by atoms with Gasteiger partial charge in [-0.05, 0) is 35.6 Å². The molecule has 112 valence electrons. The first-order valence-electron chi connectivity index (χ1n) is 6.93. The highest BCUT2D eigenvalue weighted by molar-refractivity contribution is 7.10. The second kappa shape index (κ2) is 7.81. The second-order valence-electron chi connectivity index (χ2n) is 4.67. The van der Waals surface area contributed by atoms with Gasteiger partial charge in [0, 0.05) is 23.2 Å². The van der Waals surface area contributed by atoms with Crippen molar-refractivity contribution in [2.75, 3.05) is 12.4 Å². The normalized spacial score (nSPS) is 11.9. The number of ether oxygens (including phenoxy) is 1. The molecule has 0 aliphatic carbocycles. The highest BCUT2D eigenvalue weighted by Crippen LogP contribution is 2.22. The minimum atomic E-state index is -0.454. The van der Waals surface area contributed by atoms with Gasteiger partial charge >= 0.3 is 6.09 Å². The molecule has 2 N–H and O–H groups in total. The summed E-state index contributed by atoms with van der Waals surface area (Å²) in [7, 11) is 1.35. The number of methoxy groups -OCH3 is 1. The van der Waals surface area contributed by atoms with Crippen molar-refractivity contribution in [3.63, 3.8) is 0 Å². The number of thiophene rings is 1. The van der Waals surface area contributed by atoms with Crippen LogP contribution in [-0.4, -0.2) is 13.2 Å². The van der Waals surface area contributed by atoms with Crippen molar-refractivity contribution in [3.8, 4) is 0 Å². The number of amides is 1. The van der Waals surface area contributed by atoms with Gasteiger partial charge in [0.15, 0.2) is 0 Å². The van der Waals surface area contributed by atoms with Crippen molar-refractivity contribution >= 4 is 23.1 Å². The number of hydrogen-bond donors (Lipinski definition) is 2. The molecule has 21 heavy (non-hydrogen) atoms. The van der Waals surface area contributed by atoms with Crippen LogP contribution in [0, 0.1) is 0 Å². The van der Waals surface area contributed by atoms with E-state index in [1.54, 1.807) is 11.3 Å². The van der Waals surface area contributed by atoms with Crippen molar-refractivity contribution in [3.05, 3.63) is 52.2 Å². The van der Waals surface area contributed by atoms with Crippen LogP contribution >= 0.6 is 11.3 Å². The average molecular weight is 304 g/mol. The summed E-state index contributed by atoms with van der Waals surface area (Å²) in [5, 5.41) is 8.30. The van der Waals surface area contributed by atoms with E-state index in [4.69, 9.17) is 0 Å². The summed E-state index contributed by atoms with van der Waals surface area (Å²) in [5.74, 6) is 0. The number of anilines is 1. The minimum absolute atomic E-state index is 0.387. The van der Waals surface area contributed by atoms with Crippen LogP contribution in [-0.2, 0) is 11.3 Å². The predicted octanol–water partition coefficient (Wildman–Crippen LogP) is 4.17. The summed E-state index contributed by atoms with van der Waals surface area (Å²) < 4.78 is 4.56. The van der Waals surface area contributed by atoms with E-state index in [9.17, 15) is 4.79 Å². The molecule has 4 nitrogen and oxygen atoms in total. The molecule has 0 saturated heterocycles. The first kappa shape index (κ1) is 15.5. The Hall–Kier alpha value is -1.85. The first-order chi connectivity index (χ1) is 10.2. The van der Waals surface area contributed by atoms with Crippen LogP contribution in [0.3, 0.4) is 0 Å². The zero-order valence-corrected chi connectivity index (χ0v) is 13.1. The van der Waals surface area contributed by atoms with Crippen LogP contribution < -0.4 is 10.6 Å². The molecular formula is C16H20N2O2S. The lowest BCUT2D eigenvalue weighted by molar-refractivity contribution is 0.187. The quantitative estimate of drug-likeness (QED) is 0.842. The maximum atomic E-state index is 11.1. The zero-order chi connectivity index (χ0) is 15.1. The molecule has 1 atom stereocenters. The molecule has 1 aromatic heterocycles. The molecule has 0 radical (unpaired) electrons. The van der Waals surface area contributed by atoms with E-state index in [2.05, 4.69) is 39.8 Å².